The summed E-state index contributed by atoms with van der Waals surface area (Å²) in [6.45, 7) is 2.59. The second-order valence-electron chi connectivity index (χ2n) is 7.93. The van der Waals surface area contributed by atoms with E-state index in [0.717, 1.165) is 38.1 Å². The quantitative estimate of drug-likeness (QED) is 0.766. The molecule has 4 aliphatic carbocycles. The number of nitrogens with two attached hydrogens (primary N) is 1. The third-order valence-corrected chi connectivity index (χ3v) is 6.10. The van der Waals surface area contributed by atoms with Crippen molar-refractivity contribution in [3.8, 4) is 0 Å². The lowest BCUT2D eigenvalue weighted by Crippen LogP contribution is -2.65. The molecule has 4 bridgehead atoms. The average molecular weight is 307 g/mol. The van der Waals surface area contributed by atoms with Gasteiger partial charge in [0, 0.05) is 38.5 Å². The fourth-order valence-corrected chi connectivity index (χ4v) is 5.37. The standard InChI is InChI=1S/C12H20N2O.C5H9NO/c1-7(15)14-12-4-8-2-9(5-12)11(13)10(3-8)6-12;1-6-4-2-3-5(6)7/h8-11H,2-6,13H2,1H3,(H,14,15);2-4H2,1H3. The highest BCUT2D eigenvalue weighted by Gasteiger charge is 2.54. The van der Waals surface area contributed by atoms with Crippen LogP contribution in [0, 0.1) is 17.8 Å². The molecule has 2 amide bonds. The Labute approximate surface area is 133 Å². The van der Waals surface area contributed by atoms with Crippen LogP contribution < -0.4 is 11.1 Å². The Balaban J connectivity index is 0.000000174. The Morgan fingerprint density at radius 3 is 2.32 bits per heavy atom. The Morgan fingerprint density at radius 1 is 1.27 bits per heavy atom. The van der Waals surface area contributed by atoms with E-state index in [0.29, 0.717) is 23.8 Å². The van der Waals surface area contributed by atoms with Crippen LogP contribution in [0.1, 0.15) is 51.9 Å². The van der Waals surface area contributed by atoms with Crippen molar-refractivity contribution in [3.63, 3.8) is 0 Å². The summed E-state index contributed by atoms with van der Waals surface area (Å²) in [5.41, 5.74) is 6.37. The van der Waals surface area contributed by atoms with E-state index in [1.54, 1.807) is 11.8 Å². The van der Waals surface area contributed by atoms with E-state index in [1.807, 2.05) is 7.05 Å². The zero-order chi connectivity index (χ0) is 15.9. The number of amides is 2. The lowest BCUT2D eigenvalue weighted by atomic mass is 9.51. The minimum absolute atomic E-state index is 0.123. The molecule has 5 rings (SSSR count). The molecule has 1 heterocycles. The van der Waals surface area contributed by atoms with E-state index in [9.17, 15) is 9.59 Å². The molecule has 0 aromatic heterocycles. The molecule has 0 aromatic carbocycles. The molecule has 0 spiro atoms. The monoisotopic (exact) mass is 307 g/mol. The zero-order valence-electron chi connectivity index (χ0n) is 13.8. The van der Waals surface area contributed by atoms with Crippen LogP contribution in [0.4, 0.5) is 0 Å². The van der Waals surface area contributed by atoms with Gasteiger partial charge < -0.3 is 16.0 Å². The molecule has 4 saturated carbocycles. The molecule has 5 nitrogen and oxygen atoms in total. The number of hydrogen-bond donors (Lipinski definition) is 2. The molecule has 2 atom stereocenters. The predicted molar refractivity (Wildman–Crippen MR) is 84.9 cm³/mol. The molecular formula is C17H29N3O2. The van der Waals surface area contributed by atoms with Gasteiger partial charge in [-0.05, 0) is 56.3 Å². The number of carbonyl (C=O) groups is 2. The first-order chi connectivity index (χ1) is 10.4. The predicted octanol–water partition coefficient (Wildman–Crippen LogP) is 1.27. The molecule has 1 saturated heterocycles. The van der Waals surface area contributed by atoms with E-state index in [2.05, 4.69) is 5.32 Å². The highest BCUT2D eigenvalue weighted by Crippen LogP contribution is 2.55. The summed E-state index contributed by atoms with van der Waals surface area (Å²) in [5.74, 6) is 2.59. The number of carbonyl (C=O) groups excluding carboxylic acids is 2. The van der Waals surface area contributed by atoms with Gasteiger partial charge in [-0.2, -0.15) is 0 Å². The molecule has 2 unspecified atom stereocenters. The van der Waals surface area contributed by atoms with Gasteiger partial charge >= 0.3 is 0 Å². The van der Waals surface area contributed by atoms with Crippen LogP contribution in [0.2, 0.25) is 0 Å². The lowest BCUT2D eigenvalue weighted by molar-refractivity contribution is -0.127. The number of likely N-dealkylation sites (tertiary alicyclic amines) is 1. The van der Waals surface area contributed by atoms with Crippen molar-refractivity contribution in [3.05, 3.63) is 0 Å². The third kappa shape index (κ3) is 3.00. The minimum atomic E-state index is 0.123. The molecule has 5 heteroatoms. The van der Waals surface area contributed by atoms with E-state index in [1.165, 1.54) is 19.3 Å². The van der Waals surface area contributed by atoms with E-state index >= 15 is 0 Å². The van der Waals surface area contributed by atoms with Crippen molar-refractivity contribution in [2.75, 3.05) is 13.6 Å². The topological polar surface area (TPSA) is 75.4 Å². The molecule has 124 valence electrons. The lowest BCUT2D eigenvalue weighted by Gasteiger charge is -2.59. The summed E-state index contributed by atoms with van der Waals surface area (Å²) in [6, 6.07) is 0.406. The molecule has 1 aliphatic heterocycles. The SMILES string of the molecule is CC(=O)NC12CC3CC(C1)C(N)C(C3)C2.CN1CCCC1=O. The van der Waals surface area contributed by atoms with Crippen LogP contribution in [0.5, 0.6) is 0 Å². The molecular weight excluding hydrogens is 278 g/mol. The normalized spacial score (nSPS) is 42.1. The summed E-state index contributed by atoms with van der Waals surface area (Å²) in [6.07, 6.45) is 7.87. The fourth-order valence-electron chi connectivity index (χ4n) is 5.37. The first kappa shape index (κ1) is 15.8. The summed E-state index contributed by atoms with van der Waals surface area (Å²) in [5, 5.41) is 3.21. The first-order valence-corrected chi connectivity index (χ1v) is 8.67. The number of hydrogen-bond acceptors (Lipinski definition) is 3. The van der Waals surface area contributed by atoms with Gasteiger partial charge in [0.05, 0.1) is 0 Å². The second-order valence-corrected chi connectivity index (χ2v) is 7.93. The van der Waals surface area contributed by atoms with Crippen LogP contribution in [-0.4, -0.2) is 41.9 Å². The number of rotatable bonds is 1. The van der Waals surface area contributed by atoms with Crippen LogP contribution in [0.25, 0.3) is 0 Å². The maximum atomic E-state index is 11.3. The maximum absolute atomic E-state index is 11.3. The molecule has 5 fully saturated rings. The Kier molecular flexibility index (Phi) is 4.19. The van der Waals surface area contributed by atoms with Crippen molar-refractivity contribution < 1.29 is 9.59 Å². The smallest absolute Gasteiger partial charge is 0.222 e. The highest BCUT2D eigenvalue weighted by atomic mass is 16.2. The van der Waals surface area contributed by atoms with Gasteiger partial charge in [0.1, 0.15) is 0 Å². The van der Waals surface area contributed by atoms with Crippen LogP contribution in [0.15, 0.2) is 0 Å². The fraction of sp³-hybridized carbons (Fsp3) is 0.882. The summed E-state index contributed by atoms with van der Waals surface area (Å²) >= 11 is 0. The Hall–Kier alpha value is -1.10. The zero-order valence-corrected chi connectivity index (χ0v) is 13.8. The van der Waals surface area contributed by atoms with Gasteiger partial charge in [-0.1, -0.05) is 0 Å². The molecule has 22 heavy (non-hydrogen) atoms. The van der Waals surface area contributed by atoms with E-state index in [-0.39, 0.29) is 11.4 Å². The Morgan fingerprint density at radius 2 is 1.91 bits per heavy atom. The van der Waals surface area contributed by atoms with Crippen molar-refractivity contribution in [1.29, 1.82) is 0 Å². The Bertz CT molecular complexity index is 449. The van der Waals surface area contributed by atoms with Crippen LogP contribution >= 0.6 is 0 Å². The summed E-state index contributed by atoms with van der Waals surface area (Å²) < 4.78 is 0. The number of nitrogens with zero attached hydrogens (tertiary/aromatic N) is 1. The third-order valence-electron chi connectivity index (χ3n) is 6.10. The van der Waals surface area contributed by atoms with Crippen molar-refractivity contribution in [1.82, 2.24) is 10.2 Å². The average Bonchev–Trinajstić information content (AvgIpc) is 2.78. The van der Waals surface area contributed by atoms with Gasteiger partial charge in [-0.3, -0.25) is 9.59 Å². The van der Waals surface area contributed by atoms with Crippen molar-refractivity contribution in [2.45, 2.75) is 63.5 Å². The molecule has 3 N–H and O–H groups in total. The first-order valence-electron chi connectivity index (χ1n) is 8.67. The van der Waals surface area contributed by atoms with Crippen LogP contribution in [0.3, 0.4) is 0 Å². The highest BCUT2D eigenvalue weighted by molar-refractivity contribution is 5.77. The second kappa shape index (κ2) is 5.84. The van der Waals surface area contributed by atoms with Crippen molar-refractivity contribution >= 4 is 11.8 Å². The van der Waals surface area contributed by atoms with Gasteiger partial charge in [0.2, 0.25) is 11.8 Å². The largest absolute Gasteiger partial charge is 0.351 e. The van der Waals surface area contributed by atoms with Gasteiger partial charge in [0.15, 0.2) is 0 Å². The molecule has 0 aromatic rings. The summed E-state index contributed by atoms with van der Waals surface area (Å²) in [4.78, 5) is 23.5. The van der Waals surface area contributed by atoms with Crippen LogP contribution in [-0.2, 0) is 9.59 Å². The minimum Gasteiger partial charge on any atom is -0.351 e. The maximum Gasteiger partial charge on any atom is 0.222 e. The van der Waals surface area contributed by atoms with E-state index < -0.39 is 0 Å². The number of nitrogens with one attached hydrogen (secondary N) is 1. The molecule has 5 aliphatic rings. The van der Waals surface area contributed by atoms with Gasteiger partial charge in [-0.15, -0.1) is 0 Å². The molecule has 0 radical (unpaired) electrons. The van der Waals surface area contributed by atoms with Crippen molar-refractivity contribution in [2.24, 2.45) is 23.5 Å². The summed E-state index contributed by atoms with van der Waals surface area (Å²) in [7, 11) is 1.84. The van der Waals surface area contributed by atoms with Gasteiger partial charge in [-0.25, -0.2) is 0 Å². The van der Waals surface area contributed by atoms with E-state index in [4.69, 9.17) is 5.73 Å². The van der Waals surface area contributed by atoms with Gasteiger partial charge in [0.25, 0.3) is 0 Å².